The van der Waals surface area contributed by atoms with Gasteiger partial charge in [-0.3, -0.25) is 4.79 Å². The summed E-state index contributed by atoms with van der Waals surface area (Å²) < 4.78 is 0. The van der Waals surface area contributed by atoms with Gasteiger partial charge >= 0.3 is 0 Å². The summed E-state index contributed by atoms with van der Waals surface area (Å²) in [5.41, 5.74) is 14.2. The second-order valence-electron chi connectivity index (χ2n) is 3.86. The van der Waals surface area contributed by atoms with Crippen molar-refractivity contribution < 1.29 is 4.79 Å². The molecule has 1 aliphatic carbocycles. The average Bonchev–Trinajstić information content (AvgIpc) is 2.47. The number of hydrogen-bond donors (Lipinski definition) is 2. The number of carbonyl (C=O) groups is 1. The lowest BCUT2D eigenvalue weighted by molar-refractivity contribution is -0.118. The molecule has 0 aromatic heterocycles. The summed E-state index contributed by atoms with van der Waals surface area (Å²) in [5.74, 6) is 0.0859. The van der Waals surface area contributed by atoms with Gasteiger partial charge in [-0.15, -0.1) is 0 Å². The number of anilines is 1. The summed E-state index contributed by atoms with van der Waals surface area (Å²) >= 11 is 0. The molecule has 14 heavy (non-hydrogen) atoms. The maximum atomic E-state index is 10.8. The number of fused-ring (bicyclic) bond motifs is 1. The van der Waals surface area contributed by atoms with Crippen LogP contribution < -0.4 is 11.5 Å². The van der Waals surface area contributed by atoms with E-state index in [4.69, 9.17) is 11.5 Å². The van der Waals surface area contributed by atoms with Crippen LogP contribution in [0.15, 0.2) is 18.2 Å². The van der Waals surface area contributed by atoms with Crippen LogP contribution in [-0.2, 0) is 11.2 Å². The van der Waals surface area contributed by atoms with E-state index in [9.17, 15) is 4.79 Å². The highest BCUT2D eigenvalue weighted by molar-refractivity contribution is 5.75. The molecule has 74 valence electrons. The number of aryl methyl sites for hydroxylation is 1. The van der Waals surface area contributed by atoms with Gasteiger partial charge in [0.25, 0.3) is 0 Å². The van der Waals surface area contributed by atoms with E-state index in [1.165, 1.54) is 11.1 Å². The van der Waals surface area contributed by atoms with Crippen LogP contribution in [0.1, 0.15) is 29.9 Å². The van der Waals surface area contributed by atoms with Gasteiger partial charge in [-0.05, 0) is 42.0 Å². The lowest BCUT2D eigenvalue weighted by Crippen LogP contribution is -2.13. The van der Waals surface area contributed by atoms with Crippen LogP contribution in [0.2, 0.25) is 0 Å². The van der Waals surface area contributed by atoms with E-state index in [0.717, 1.165) is 18.5 Å². The van der Waals surface area contributed by atoms with Crippen molar-refractivity contribution in [2.24, 2.45) is 5.73 Å². The summed E-state index contributed by atoms with van der Waals surface area (Å²) in [5, 5.41) is 0. The van der Waals surface area contributed by atoms with Gasteiger partial charge in [-0.1, -0.05) is 6.07 Å². The lowest BCUT2D eigenvalue weighted by atomic mass is 9.97. The Hall–Kier alpha value is -1.51. The molecular formula is C11H14N2O. The number of rotatable bonds is 2. The van der Waals surface area contributed by atoms with Crippen molar-refractivity contribution in [2.75, 3.05) is 5.73 Å². The topological polar surface area (TPSA) is 69.1 Å². The van der Waals surface area contributed by atoms with Crippen LogP contribution in [-0.4, -0.2) is 5.91 Å². The molecule has 1 aliphatic rings. The van der Waals surface area contributed by atoms with E-state index in [0.29, 0.717) is 12.3 Å². The molecule has 0 saturated carbocycles. The Morgan fingerprint density at radius 2 is 2.29 bits per heavy atom. The second-order valence-corrected chi connectivity index (χ2v) is 3.86. The predicted molar refractivity (Wildman–Crippen MR) is 55.7 cm³/mol. The largest absolute Gasteiger partial charge is 0.399 e. The van der Waals surface area contributed by atoms with Crippen LogP contribution in [0.5, 0.6) is 0 Å². The number of nitrogen functional groups attached to an aromatic ring is 1. The zero-order valence-electron chi connectivity index (χ0n) is 7.99. The second kappa shape index (κ2) is 3.33. The number of nitrogens with two attached hydrogens (primary N) is 2. The van der Waals surface area contributed by atoms with Gasteiger partial charge in [0.2, 0.25) is 5.91 Å². The van der Waals surface area contributed by atoms with Crippen LogP contribution in [0.4, 0.5) is 5.69 Å². The molecule has 2 rings (SSSR count). The van der Waals surface area contributed by atoms with Crippen LogP contribution in [0.25, 0.3) is 0 Å². The van der Waals surface area contributed by atoms with Gasteiger partial charge in [0.15, 0.2) is 0 Å². The van der Waals surface area contributed by atoms with Crippen molar-refractivity contribution >= 4 is 11.6 Å². The first-order chi connectivity index (χ1) is 6.66. The number of amides is 1. The molecule has 0 bridgehead atoms. The predicted octanol–water partition coefficient (Wildman–Crippen LogP) is 1.17. The van der Waals surface area contributed by atoms with Gasteiger partial charge in [0, 0.05) is 12.1 Å². The molecule has 3 heteroatoms. The highest BCUT2D eigenvalue weighted by Crippen LogP contribution is 2.36. The van der Waals surface area contributed by atoms with Crippen molar-refractivity contribution in [3.63, 3.8) is 0 Å². The molecular weight excluding hydrogens is 176 g/mol. The monoisotopic (exact) mass is 190 g/mol. The van der Waals surface area contributed by atoms with Gasteiger partial charge in [0.05, 0.1) is 0 Å². The molecule has 1 aromatic rings. The van der Waals surface area contributed by atoms with Gasteiger partial charge in [-0.25, -0.2) is 0 Å². The van der Waals surface area contributed by atoms with Crippen LogP contribution in [0.3, 0.4) is 0 Å². The maximum absolute atomic E-state index is 10.8. The van der Waals surface area contributed by atoms with E-state index < -0.39 is 0 Å². The van der Waals surface area contributed by atoms with E-state index in [2.05, 4.69) is 0 Å². The molecule has 0 fully saturated rings. The van der Waals surface area contributed by atoms with Gasteiger partial charge < -0.3 is 11.5 Å². The van der Waals surface area contributed by atoms with Crippen molar-refractivity contribution in [1.29, 1.82) is 0 Å². The smallest absolute Gasteiger partial charge is 0.218 e. The average molecular weight is 190 g/mol. The summed E-state index contributed by atoms with van der Waals surface area (Å²) in [7, 11) is 0. The molecule has 1 amide bonds. The zero-order valence-corrected chi connectivity index (χ0v) is 7.99. The lowest BCUT2D eigenvalue weighted by Gasteiger charge is -2.08. The summed E-state index contributed by atoms with van der Waals surface area (Å²) in [6, 6.07) is 5.90. The van der Waals surface area contributed by atoms with Gasteiger partial charge in [0.1, 0.15) is 0 Å². The van der Waals surface area contributed by atoms with Crippen molar-refractivity contribution in [3.05, 3.63) is 29.3 Å². The Morgan fingerprint density at radius 1 is 1.50 bits per heavy atom. The fraction of sp³-hybridized carbons (Fsp3) is 0.364. The van der Waals surface area contributed by atoms with Crippen molar-refractivity contribution in [2.45, 2.75) is 25.2 Å². The molecule has 0 aliphatic heterocycles. The molecule has 0 spiro atoms. The van der Waals surface area contributed by atoms with Gasteiger partial charge in [-0.2, -0.15) is 0 Å². The molecule has 1 aromatic carbocycles. The number of benzene rings is 1. The Morgan fingerprint density at radius 3 is 3.00 bits per heavy atom. The first-order valence-electron chi connectivity index (χ1n) is 4.83. The molecule has 1 unspecified atom stereocenters. The fourth-order valence-electron chi connectivity index (χ4n) is 2.18. The number of hydrogen-bond acceptors (Lipinski definition) is 2. The SMILES string of the molecule is NC(=O)CC1CCc2cc(N)ccc21. The summed E-state index contributed by atoms with van der Waals surface area (Å²) in [6.07, 6.45) is 2.48. The Bertz CT molecular complexity index is 374. The standard InChI is InChI=1S/C11H14N2O/c12-9-3-4-10-7(5-9)1-2-8(10)6-11(13)14/h3-5,8H,1-2,6,12H2,(H2,13,14). The molecule has 0 radical (unpaired) electrons. The Balaban J connectivity index is 2.26. The third-order valence-corrected chi connectivity index (χ3v) is 2.82. The number of primary amides is 1. The number of carbonyl (C=O) groups excluding carboxylic acids is 1. The van der Waals surface area contributed by atoms with E-state index in [-0.39, 0.29) is 5.91 Å². The minimum atomic E-state index is -0.223. The first kappa shape index (κ1) is 9.06. The normalized spacial score (nSPS) is 19.3. The molecule has 3 nitrogen and oxygen atoms in total. The Kier molecular flexibility index (Phi) is 2.15. The highest BCUT2D eigenvalue weighted by Gasteiger charge is 2.23. The summed E-state index contributed by atoms with van der Waals surface area (Å²) in [4.78, 5) is 10.8. The third kappa shape index (κ3) is 1.58. The molecule has 1 atom stereocenters. The fourth-order valence-corrected chi connectivity index (χ4v) is 2.18. The van der Waals surface area contributed by atoms with E-state index in [1.54, 1.807) is 0 Å². The maximum Gasteiger partial charge on any atom is 0.218 e. The van der Waals surface area contributed by atoms with E-state index in [1.807, 2.05) is 18.2 Å². The third-order valence-electron chi connectivity index (χ3n) is 2.82. The Labute approximate surface area is 83.1 Å². The zero-order chi connectivity index (χ0) is 10.1. The summed E-state index contributed by atoms with van der Waals surface area (Å²) in [6.45, 7) is 0. The minimum Gasteiger partial charge on any atom is -0.399 e. The molecule has 4 N–H and O–H groups in total. The van der Waals surface area contributed by atoms with Crippen LogP contribution in [0, 0.1) is 0 Å². The minimum absolute atomic E-state index is 0.223. The quantitative estimate of drug-likeness (QED) is 0.687. The van der Waals surface area contributed by atoms with Crippen LogP contribution >= 0.6 is 0 Å². The van der Waals surface area contributed by atoms with Crippen molar-refractivity contribution in [1.82, 2.24) is 0 Å². The molecule has 0 saturated heterocycles. The van der Waals surface area contributed by atoms with E-state index >= 15 is 0 Å². The molecule has 0 heterocycles. The highest BCUT2D eigenvalue weighted by atomic mass is 16.1. The van der Waals surface area contributed by atoms with Crippen molar-refractivity contribution in [3.8, 4) is 0 Å². The first-order valence-corrected chi connectivity index (χ1v) is 4.83.